The predicted molar refractivity (Wildman–Crippen MR) is 77.8 cm³/mol. The van der Waals surface area contributed by atoms with E-state index in [9.17, 15) is 0 Å². The van der Waals surface area contributed by atoms with Crippen molar-refractivity contribution in [2.75, 3.05) is 6.54 Å². The molecular formula is C13H17ClIN. The minimum atomic E-state index is 0.393. The zero-order valence-electron chi connectivity index (χ0n) is 9.26. The Bertz CT molecular complexity index is 325. The number of rotatable bonds is 4. The number of halogens is 2. The van der Waals surface area contributed by atoms with Crippen LogP contribution in [0.3, 0.4) is 0 Å². The van der Waals surface area contributed by atoms with Crippen molar-refractivity contribution in [2.45, 2.75) is 31.2 Å². The van der Waals surface area contributed by atoms with Crippen LogP contribution in [0.2, 0.25) is 0 Å². The zero-order valence-corrected chi connectivity index (χ0v) is 12.2. The van der Waals surface area contributed by atoms with E-state index < -0.39 is 0 Å². The molecule has 16 heavy (non-hydrogen) atoms. The Morgan fingerprint density at radius 2 is 2.00 bits per heavy atom. The molecule has 1 N–H and O–H groups in total. The maximum absolute atomic E-state index is 6.24. The summed E-state index contributed by atoms with van der Waals surface area (Å²) in [5.41, 5.74) is 1.35. The molecular weight excluding hydrogens is 333 g/mol. The van der Waals surface area contributed by atoms with Gasteiger partial charge in [-0.25, -0.2) is 0 Å². The van der Waals surface area contributed by atoms with Crippen LogP contribution in [-0.2, 0) is 6.54 Å². The molecule has 0 saturated heterocycles. The van der Waals surface area contributed by atoms with Crippen molar-refractivity contribution in [3.8, 4) is 0 Å². The van der Waals surface area contributed by atoms with Crippen LogP contribution in [0.4, 0.5) is 0 Å². The Labute approximate surface area is 116 Å². The van der Waals surface area contributed by atoms with Crippen molar-refractivity contribution in [2.24, 2.45) is 5.92 Å². The largest absolute Gasteiger partial charge is 0.312 e. The van der Waals surface area contributed by atoms with Gasteiger partial charge in [-0.05, 0) is 65.6 Å². The van der Waals surface area contributed by atoms with Crippen LogP contribution in [0.15, 0.2) is 24.3 Å². The van der Waals surface area contributed by atoms with Gasteiger partial charge in [-0.15, -0.1) is 11.6 Å². The Morgan fingerprint density at radius 1 is 1.25 bits per heavy atom. The van der Waals surface area contributed by atoms with E-state index in [1.807, 2.05) is 0 Å². The summed E-state index contributed by atoms with van der Waals surface area (Å²) in [6.07, 6.45) is 3.77. The molecule has 2 atom stereocenters. The molecule has 0 amide bonds. The van der Waals surface area contributed by atoms with Gasteiger partial charge in [0.25, 0.3) is 0 Å². The summed E-state index contributed by atoms with van der Waals surface area (Å²) in [4.78, 5) is 0. The van der Waals surface area contributed by atoms with Crippen molar-refractivity contribution in [3.05, 3.63) is 33.4 Å². The van der Waals surface area contributed by atoms with Gasteiger partial charge in [-0.2, -0.15) is 0 Å². The molecule has 0 spiro atoms. The van der Waals surface area contributed by atoms with Gasteiger partial charge < -0.3 is 5.32 Å². The van der Waals surface area contributed by atoms with Crippen LogP contribution >= 0.6 is 34.2 Å². The van der Waals surface area contributed by atoms with Crippen molar-refractivity contribution in [1.29, 1.82) is 0 Å². The molecule has 1 saturated carbocycles. The molecule has 2 rings (SSSR count). The molecule has 0 heterocycles. The lowest BCUT2D eigenvalue weighted by Gasteiger charge is -2.14. The summed E-state index contributed by atoms with van der Waals surface area (Å²) in [5, 5.41) is 3.90. The average molecular weight is 350 g/mol. The fourth-order valence-corrected chi connectivity index (χ4v) is 2.95. The molecule has 1 nitrogen and oxygen atoms in total. The fraction of sp³-hybridized carbons (Fsp3) is 0.538. The van der Waals surface area contributed by atoms with Crippen LogP contribution in [0, 0.1) is 9.49 Å². The van der Waals surface area contributed by atoms with E-state index in [1.54, 1.807) is 0 Å². The van der Waals surface area contributed by atoms with E-state index >= 15 is 0 Å². The van der Waals surface area contributed by atoms with Gasteiger partial charge in [-0.1, -0.05) is 18.6 Å². The molecule has 88 valence electrons. The molecule has 1 fully saturated rings. The van der Waals surface area contributed by atoms with Gasteiger partial charge in [0, 0.05) is 15.5 Å². The van der Waals surface area contributed by atoms with Crippen LogP contribution in [0.1, 0.15) is 24.8 Å². The van der Waals surface area contributed by atoms with Gasteiger partial charge in [0.05, 0.1) is 0 Å². The third kappa shape index (κ3) is 3.60. The second-order valence-electron chi connectivity index (χ2n) is 4.46. The number of nitrogens with one attached hydrogen (secondary N) is 1. The third-order valence-electron chi connectivity index (χ3n) is 3.22. The van der Waals surface area contributed by atoms with Gasteiger partial charge in [0.15, 0.2) is 0 Å². The van der Waals surface area contributed by atoms with E-state index in [-0.39, 0.29) is 0 Å². The first-order valence-electron chi connectivity index (χ1n) is 5.85. The lowest BCUT2D eigenvalue weighted by molar-refractivity contribution is 0.494. The summed E-state index contributed by atoms with van der Waals surface area (Å²) >= 11 is 8.57. The summed E-state index contributed by atoms with van der Waals surface area (Å²) < 4.78 is 1.29. The van der Waals surface area contributed by atoms with Crippen molar-refractivity contribution in [3.63, 3.8) is 0 Å². The highest BCUT2D eigenvalue weighted by Gasteiger charge is 2.24. The highest BCUT2D eigenvalue weighted by atomic mass is 127. The van der Waals surface area contributed by atoms with E-state index in [0.717, 1.165) is 13.1 Å². The first kappa shape index (κ1) is 12.7. The molecule has 0 aliphatic heterocycles. The molecule has 0 bridgehead atoms. The molecule has 2 unspecified atom stereocenters. The van der Waals surface area contributed by atoms with Crippen LogP contribution in [0.5, 0.6) is 0 Å². The Morgan fingerprint density at radius 3 is 2.62 bits per heavy atom. The van der Waals surface area contributed by atoms with Crippen LogP contribution in [-0.4, -0.2) is 11.9 Å². The Balaban J connectivity index is 1.73. The maximum Gasteiger partial charge on any atom is 0.0376 e. The van der Waals surface area contributed by atoms with Gasteiger partial charge in [0.1, 0.15) is 0 Å². The van der Waals surface area contributed by atoms with E-state index in [4.69, 9.17) is 11.6 Å². The third-order valence-corrected chi connectivity index (χ3v) is 4.51. The molecule has 1 aliphatic carbocycles. The summed E-state index contributed by atoms with van der Waals surface area (Å²) in [6, 6.07) is 8.66. The standard InChI is InChI=1S/C13H17ClIN/c14-13-3-1-2-11(13)9-16-8-10-4-6-12(15)7-5-10/h4-7,11,13,16H,1-3,8-9H2. The molecule has 0 aromatic heterocycles. The smallest absolute Gasteiger partial charge is 0.0376 e. The van der Waals surface area contributed by atoms with Crippen molar-refractivity contribution in [1.82, 2.24) is 5.32 Å². The first-order chi connectivity index (χ1) is 7.75. The highest BCUT2D eigenvalue weighted by Crippen LogP contribution is 2.29. The Kier molecular flexibility index (Phi) is 4.92. The molecule has 3 heteroatoms. The summed E-state index contributed by atoms with van der Waals surface area (Å²) in [5.74, 6) is 0.672. The minimum absolute atomic E-state index is 0.393. The van der Waals surface area contributed by atoms with Gasteiger partial charge in [-0.3, -0.25) is 0 Å². The predicted octanol–water partition coefficient (Wildman–Crippen LogP) is 3.79. The van der Waals surface area contributed by atoms with Crippen LogP contribution < -0.4 is 5.32 Å². The lowest BCUT2D eigenvalue weighted by atomic mass is 10.1. The lowest BCUT2D eigenvalue weighted by Crippen LogP contribution is -2.25. The molecule has 1 aliphatic rings. The van der Waals surface area contributed by atoms with E-state index in [1.165, 1.54) is 28.4 Å². The zero-order chi connectivity index (χ0) is 11.4. The van der Waals surface area contributed by atoms with Gasteiger partial charge >= 0.3 is 0 Å². The SMILES string of the molecule is ClC1CCCC1CNCc1ccc(I)cc1. The normalized spacial score (nSPS) is 24.9. The second kappa shape index (κ2) is 6.22. The molecule has 0 radical (unpaired) electrons. The van der Waals surface area contributed by atoms with Crippen LogP contribution in [0.25, 0.3) is 0 Å². The summed E-state index contributed by atoms with van der Waals surface area (Å²) in [6.45, 7) is 2.01. The topological polar surface area (TPSA) is 12.0 Å². The minimum Gasteiger partial charge on any atom is -0.312 e. The first-order valence-corrected chi connectivity index (χ1v) is 7.36. The monoisotopic (exact) mass is 349 g/mol. The Hall–Kier alpha value is 0.200. The van der Waals surface area contributed by atoms with E-state index in [0.29, 0.717) is 11.3 Å². The highest BCUT2D eigenvalue weighted by molar-refractivity contribution is 14.1. The number of hydrogen-bond acceptors (Lipinski definition) is 1. The molecule has 1 aromatic carbocycles. The van der Waals surface area contributed by atoms with E-state index in [2.05, 4.69) is 52.2 Å². The average Bonchev–Trinajstić information content (AvgIpc) is 2.68. The number of alkyl halides is 1. The molecule has 1 aromatic rings. The summed E-state index contributed by atoms with van der Waals surface area (Å²) in [7, 11) is 0. The number of benzene rings is 1. The van der Waals surface area contributed by atoms with Gasteiger partial charge in [0.2, 0.25) is 0 Å². The quantitative estimate of drug-likeness (QED) is 0.644. The maximum atomic E-state index is 6.24. The number of hydrogen-bond donors (Lipinski definition) is 1. The van der Waals surface area contributed by atoms with Crippen molar-refractivity contribution < 1.29 is 0 Å². The fourth-order valence-electron chi connectivity index (χ4n) is 2.23. The van der Waals surface area contributed by atoms with Crippen molar-refractivity contribution >= 4 is 34.2 Å². The second-order valence-corrected chi connectivity index (χ2v) is 6.27.